The van der Waals surface area contributed by atoms with Gasteiger partial charge in [-0.05, 0) is 23.3 Å². The number of aromatic nitrogens is 1. The van der Waals surface area contributed by atoms with Gasteiger partial charge in [-0.25, -0.2) is 4.98 Å². The number of benzene rings is 2. The van der Waals surface area contributed by atoms with E-state index in [4.69, 9.17) is 4.98 Å². The van der Waals surface area contributed by atoms with Crippen molar-refractivity contribution in [2.45, 2.75) is 12.6 Å². The lowest BCUT2D eigenvalue weighted by atomic mass is 10.0. The molecule has 1 N–H and O–H groups in total. The number of pyridine rings is 1. The average Bonchev–Trinajstić information content (AvgIpc) is 2.80. The molecule has 29 heavy (non-hydrogen) atoms. The van der Waals surface area contributed by atoms with Crippen LogP contribution >= 0.6 is 0 Å². The van der Waals surface area contributed by atoms with Gasteiger partial charge in [0.15, 0.2) is 0 Å². The second-order valence-electron chi connectivity index (χ2n) is 7.39. The highest BCUT2D eigenvalue weighted by Gasteiger charge is 2.22. The number of amides is 1. The van der Waals surface area contributed by atoms with Crippen molar-refractivity contribution in [3.8, 4) is 0 Å². The molecule has 1 saturated heterocycles. The van der Waals surface area contributed by atoms with Gasteiger partial charge in [-0.1, -0.05) is 66.7 Å². The van der Waals surface area contributed by atoms with Crippen molar-refractivity contribution in [2.75, 3.05) is 31.6 Å². The van der Waals surface area contributed by atoms with Gasteiger partial charge < -0.3 is 15.1 Å². The minimum Gasteiger partial charge on any atom is -0.353 e. The van der Waals surface area contributed by atoms with Crippen LogP contribution in [0.25, 0.3) is 0 Å². The third-order valence-corrected chi connectivity index (χ3v) is 5.26. The predicted molar refractivity (Wildman–Crippen MR) is 116 cm³/mol. The fraction of sp³-hybridized carbons (Fsp3) is 0.250. The monoisotopic (exact) mass is 386 g/mol. The smallest absolute Gasteiger partial charge is 0.272 e. The Morgan fingerprint density at radius 2 is 1.76 bits per heavy atom. The van der Waals surface area contributed by atoms with Crippen molar-refractivity contribution in [1.29, 1.82) is 0 Å². The van der Waals surface area contributed by atoms with E-state index in [0.717, 1.165) is 31.0 Å². The van der Waals surface area contributed by atoms with Crippen LogP contribution in [0, 0.1) is 0 Å². The summed E-state index contributed by atoms with van der Waals surface area (Å²) in [5.41, 5.74) is 2.86. The second-order valence-corrected chi connectivity index (χ2v) is 7.39. The largest absolute Gasteiger partial charge is 0.353 e. The topological polar surface area (TPSA) is 48.5 Å². The molecule has 3 aromatic rings. The van der Waals surface area contributed by atoms with Crippen molar-refractivity contribution in [1.82, 2.24) is 15.2 Å². The lowest BCUT2D eigenvalue weighted by Gasteiger charge is -2.35. The summed E-state index contributed by atoms with van der Waals surface area (Å²) in [5, 5.41) is 3.57. The maximum atomic E-state index is 12.9. The molecule has 0 spiro atoms. The number of anilines is 1. The number of rotatable bonds is 5. The first-order chi connectivity index (χ1) is 14.2. The van der Waals surface area contributed by atoms with E-state index in [1.807, 2.05) is 55.6 Å². The summed E-state index contributed by atoms with van der Waals surface area (Å²) in [4.78, 5) is 21.6. The van der Waals surface area contributed by atoms with Crippen LogP contribution in [0.1, 0.15) is 27.7 Å². The van der Waals surface area contributed by atoms with Crippen molar-refractivity contribution < 1.29 is 4.79 Å². The zero-order chi connectivity index (χ0) is 20.1. The van der Waals surface area contributed by atoms with Gasteiger partial charge in [0.05, 0.1) is 0 Å². The molecule has 1 aliphatic rings. The summed E-state index contributed by atoms with van der Waals surface area (Å²) in [6, 6.07) is 26.4. The molecule has 2 aromatic carbocycles. The molecular weight excluding hydrogens is 360 g/mol. The van der Waals surface area contributed by atoms with Crippen LogP contribution in [0.3, 0.4) is 0 Å². The summed E-state index contributed by atoms with van der Waals surface area (Å²) in [6.45, 7) is 3.14. The predicted octanol–water partition coefficient (Wildman–Crippen LogP) is 3.50. The Hall–Kier alpha value is -3.18. The Labute approximate surface area is 172 Å². The molecule has 5 heteroatoms. The first-order valence-electron chi connectivity index (χ1n) is 10.0. The second kappa shape index (κ2) is 8.88. The van der Waals surface area contributed by atoms with Gasteiger partial charge in [0.25, 0.3) is 5.91 Å². The van der Waals surface area contributed by atoms with Gasteiger partial charge in [-0.3, -0.25) is 4.79 Å². The van der Waals surface area contributed by atoms with Crippen molar-refractivity contribution in [3.63, 3.8) is 0 Å². The lowest BCUT2D eigenvalue weighted by molar-refractivity contribution is 0.0779. The molecule has 2 heterocycles. The van der Waals surface area contributed by atoms with Crippen LogP contribution in [0.2, 0.25) is 0 Å². The Morgan fingerprint density at radius 1 is 1.03 bits per heavy atom. The Morgan fingerprint density at radius 3 is 2.52 bits per heavy atom. The SMILES string of the molecule is CN(Cc1ccccc1)C(=O)c1cccc(N2CCNC(c3ccccc3)C2)n1. The summed E-state index contributed by atoms with van der Waals surface area (Å²) < 4.78 is 0. The van der Waals surface area contributed by atoms with Crippen molar-refractivity contribution in [2.24, 2.45) is 0 Å². The number of piperazine rings is 1. The fourth-order valence-electron chi connectivity index (χ4n) is 3.71. The fourth-order valence-corrected chi connectivity index (χ4v) is 3.71. The number of nitrogens with zero attached hydrogens (tertiary/aromatic N) is 3. The highest BCUT2D eigenvalue weighted by molar-refractivity contribution is 5.92. The number of nitrogens with one attached hydrogen (secondary N) is 1. The minimum absolute atomic E-state index is 0.0644. The van der Waals surface area contributed by atoms with Gasteiger partial charge >= 0.3 is 0 Å². The quantitative estimate of drug-likeness (QED) is 0.729. The van der Waals surface area contributed by atoms with Crippen molar-refractivity contribution in [3.05, 3.63) is 95.7 Å². The molecule has 1 fully saturated rings. The van der Waals surface area contributed by atoms with E-state index in [-0.39, 0.29) is 11.9 Å². The molecule has 1 aromatic heterocycles. The van der Waals surface area contributed by atoms with Gasteiger partial charge in [0.2, 0.25) is 0 Å². The Balaban J connectivity index is 1.47. The van der Waals surface area contributed by atoms with Crippen LogP contribution in [-0.2, 0) is 6.54 Å². The Bertz CT molecular complexity index is 945. The van der Waals surface area contributed by atoms with E-state index < -0.39 is 0 Å². The summed E-state index contributed by atoms with van der Waals surface area (Å²) in [7, 11) is 1.82. The van der Waals surface area contributed by atoms with Crippen molar-refractivity contribution >= 4 is 11.7 Å². The maximum absolute atomic E-state index is 12.9. The molecule has 4 rings (SSSR count). The summed E-state index contributed by atoms with van der Waals surface area (Å²) in [6.07, 6.45) is 0. The van der Waals surface area contributed by atoms with Crippen LogP contribution in [-0.4, -0.2) is 42.5 Å². The third kappa shape index (κ3) is 4.63. The molecular formula is C24H26N4O. The van der Waals surface area contributed by atoms with E-state index in [2.05, 4.69) is 34.5 Å². The zero-order valence-corrected chi connectivity index (χ0v) is 16.7. The molecule has 1 unspecified atom stereocenters. The van der Waals surface area contributed by atoms with Gasteiger partial charge in [0.1, 0.15) is 11.5 Å². The number of hydrogen-bond acceptors (Lipinski definition) is 4. The molecule has 1 aliphatic heterocycles. The van der Waals surface area contributed by atoms with E-state index in [1.54, 1.807) is 11.0 Å². The lowest BCUT2D eigenvalue weighted by Crippen LogP contribution is -2.46. The molecule has 0 aliphatic carbocycles. The molecule has 1 atom stereocenters. The van der Waals surface area contributed by atoms with Crippen LogP contribution in [0.5, 0.6) is 0 Å². The maximum Gasteiger partial charge on any atom is 0.272 e. The summed E-state index contributed by atoms with van der Waals surface area (Å²) in [5.74, 6) is 0.789. The van der Waals surface area contributed by atoms with Gasteiger partial charge in [-0.2, -0.15) is 0 Å². The summed E-state index contributed by atoms with van der Waals surface area (Å²) >= 11 is 0. The van der Waals surface area contributed by atoms with Crippen LogP contribution in [0.4, 0.5) is 5.82 Å². The molecule has 0 bridgehead atoms. The molecule has 148 valence electrons. The standard InChI is InChI=1S/C24H26N4O/c1-27(17-19-9-4-2-5-10-19)24(29)21-13-8-14-23(26-21)28-16-15-25-22(18-28)20-11-6-3-7-12-20/h2-14,22,25H,15-18H2,1H3. The van der Waals surface area contributed by atoms with Crippen LogP contribution < -0.4 is 10.2 Å². The molecule has 0 saturated carbocycles. The van der Waals surface area contributed by atoms with E-state index in [9.17, 15) is 4.79 Å². The number of carbonyl (C=O) groups is 1. The number of carbonyl (C=O) groups excluding carboxylic acids is 1. The third-order valence-electron chi connectivity index (χ3n) is 5.26. The Kier molecular flexibility index (Phi) is 5.86. The van der Waals surface area contributed by atoms with Gasteiger partial charge in [-0.15, -0.1) is 0 Å². The normalized spacial score (nSPS) is 16.4. The zero-order valence-electron chi connectivity index (χ0n) is 16.7. The first kappa shape index (κ1) is 19.2. The minimum atomic E-state index is -0.0644. The number of hydrogen-bond donors (Lipinski definition) is 1. The first-order valence-corrected chi connectivity index (χ1v) is 10.0. The van der Waals surface area contributed by atoms with E-state index in [1.165, 1.54) is 5.56 Å². The molecule has 1 amide bonds. The van der Waals surface area contributed by atoms with E-state index in [0.29, 0.717) is 12.2 Å². The average molecular weight is 386 g/mol. The highest BCUT2D eigenvalue weighted by atomic mass is 16.2. The van der Waals surface area contributed by atoms with Gasteiger partial charge in [0, 0.05) is 39.3 Å². The molecule has 0 radical (unpaired) electrons. The highest BCUT2D eigenvalue weighted by Crippen LogP contribution is 2.21. The van der Waals surface area contributed by atoms with Crippen LogP contribution in [0.15, 0.2) is 78.9 Å². The molecule has 5 nitrogen and oxygen atoms in total. The van der Waals surface area contributed by atoms with E-state index >= 15 is 0 Å².